The first-order valence-electron chi connectivity index (χ1n) is 15.3. The summed E-state index contributed by atoms with van der Waals surface area (Å²) in [5.74, 6) is -2.12. The highest BCUT2D eigenvalue weighted by molar-refractivity contribution is 7.13. The van der Waals surface area contributed by atoms with Crippen LogP contribution in [0.1, 0.15) is 40.9 Å². The molecule has 0 bridgehead atoms. The molecule has 2 amide bonds. The van der Waals surface area contributed by atoms with Crippen molar-refractivity contribution >= 4 is 28.8 Å². The van der Waals surface area contributed by atoms with Crippen molar-refractivity contribution in [3.05, 3.63) is 130 Å². The van der Waals surface area contributed by atoms with Gasteiger partial charge >= 0.3 is 0 Å². The highest BCUT2D eigenvalue weighted by atomic mass is 32.1. The summed E-state index contributed by atoms with van der Waals surface area (Å²) in [6.07, 6.45) is 1.51. The second-order valence-corrected chi connectivity index (χ2v) is 12.2. The molecule has 242 valence electrons. The molecule has 2 unspecified atom stereocenters. The molecule has 0 aliphatic rings. The van der Waals surface area contributed by atoms with Gasteiger partial charge in [-0.1, -0.05) is 43.3 Å². The van der Waals surface area contributed by atoms with Gasteiger partial charge in [-0.25, -0.2) is 13.8 Å². The first-order valence-corrected chi connectivity index (χ1v) is 16.2. The number of amides is 2. The van der Waals surface area contributed by atoms with E-state index in [9.17, 15) is 23.5 Å². The lowest BCUT2D eigenvalue weighted by Crippen LogP contribution is -2.48. The highest BCUT2D eigenvalue weighted by Crippen LogP contribution is 2.30. The number of rotatable bonds is 13. The van der Waals surface area contributed by atoms with E-state index in [1.54, 1.807) is 30.5 Å². The first-order chi connectivity index (χ1) is 22.7. The highest BCUT2D eigenvalue weighted by Gasteiger charge is 2.24. The van der Waals surface area contributed by atoms with Gasteiger partial charge < -0.3 is 21.1 Å². The monoisotopic (exact) mass is 654 g/mol. The fourth-order valence-corrected chi connectivity index (χ4v) is 5.97. The fourth-order valence-electron chi connectivity index (χ4n) is 5.35. The van der Waals surface area contributed by atoms with E-state index in [1.807, 2.05) is 35.7 Å². The SMILES string of the molecule is CCc1cccc(CNCC(O)C(Cc2cc(F)cc(F)c2)NC(=O)c2cc(-c3ccc(NC(C)=O)cc3)cc(-c3nccs3)c2)c1. The van der Waals surface area contributed by atoms with Gasteiger partial charge in [-0.05, 0) is 83.1 Å². The molecule has 47 heavy (non-hydrogen) atoms. The maximum Gasteiger partial charge on any atom is 0.251 e. The number of anilines is 1. The summed E-state index contributed by atoms with van der Waals surface area (Å²) >= 11 is 1.43. The van der Waals surface area contributed by atoms with Crippen LogP contribution in [-0.2, 0) is 24.2 Å². The van der Waals surface area contributed by atoms with E-state index < -0.39 is 29.7 Å². The molecule has 7 nitrogen and oxygen atoms in total. The van der Waals surface area contributed by atoms with Crippen molar-refractivity contribution in [2.45, 2.75) is 45.4 Å². The number of aliphatic hydroxyl groups is 1. The van der Waals surface area contributed by atoms with Gasteiger partial charge in [0.15, 0.2) is 0 Å². The fraction of sp³-hybridized carbons (Fsp3) is 0.216. The van der Waals surface area contributed by atoms with Crippen LogP contribution in [0.2, 0.25) is 0 Å². The van der Waals surface area contributed by atoms with Gasteiger partial charge in [0.2, 0.25) is 5.91 Å². The lowest BCUT2D eigenvalue weighted by molar-refractivity contribution is -0.114. The second-order valence-electron chi connectivity index (χ2n) is 11.3. The summed E-state index contributed by atoms with van der Waals surface area (Å²) in [5.41, 5.74) is 5.82. The predicted octanol–water partition coefficient (Wildman–Crippen LogP) is 6.77. The molecule has 4 aromatic carbocycles. The maximum atomic E-state index is 14.1. The minimum absolute atomic E-state index is 0.00176. The van der Waals surface area contributed by atoms with Gasteiger partial charge in [0, 0.05) is 54.5 Å². The lowest BCUT2D eigenvalue weighted by Gasteiger charge is -2.25. The summed E-state index contributed by atoms with van der Waals surface area (Å²) in [6, 6.07) is 23.1. The van der Waals surface area contributed by atoms with E-state index in [4.69, 9.17) is 0 Å². The van der Waals surface area contributed by atoms with Crippen LogP contribution in [-0.4, -0.2) is 40.6 Å². The third-order valence-electron chi connectivity index (χ3n) is 7.65. The van der Waals surface area contributed by atoms with Crippen molar-refractivity contribution < 1.29 is 23.5 Å². The smallest absolute Gasteiger partial charge is 0.251 e. The molecular formula is C37H36F2N4O3S. The van der Waals surface area contributed by atoms with Crippen LogP contribution >= 0.6 is 11.3 Å². The molecular weight excluding hydrogens is 618 g/mol. The number of aryl methyl sites for hydroxylation is 1. The van der Waals surface area contributed by atoms with Crippen LogP contribution in [0.4, 0.5) is 14.5 Å². The summed E-state index contributed by atoms with van der Waals surface area (Å²) in [5, 5.41) is 22.8. The van der Waals surface area contributed by atoms with E-state index >= 15 is 0 Å². The third kappa shape index (κ3) is 9.38. The number of carbonyl (C=O) groups is 2. The van der Waals surface area contributed by atoms with Crippen LogP contribution in [0.5, 0.6) is 0 Å². The molecule has 0 saturated carbocycles. The van der Waals surface area contributed by atoms with Crippen LogP contribution in [0.25, 0.3) is 21.7 Å². The van der Waals surface area contributed by atoms with Crippen LogP contribution in [0, 0.1) is 11.6 Å². The normalized spacial score (nSPS) is 12.4. The zero-order valence-corrected chi connectivity index (χ0v) is 26.9. The number of aromatic nitrogens is 1. The molecule has 10 heteroatoms. The van der Waals surface area contributed by atoms with Gasteiger partial charge in [-0.2, -0.15) is 0 Å². The Morgan fingerprint density at radius 3 is 2.28 bits per heavy atom. The standard InChI is InChI=1S/C37H36F2N4O3S/c1-3-24-5-4-6-25(13-24)21-40-22-35(45)34(16-26-14-31(38)20-32(39)15-26)43-36(46)29-17-28(18-30(19-29)37-41-11-12-47-37)27-7-9-33(10-8-27)42-23(2)44/h4-15,17-20,34-35,40,45H,3,16,21-22H2,1-2H3,(H,42,44)(H,43,46). The van der Waals surface area contributed by atoms with E-state index in [-0.39, 0.29) is 18.9 Å². The summed E-state index contributed by atoms with van der Waals surface area (Å²) in [7, 11) is 0. The molecule has 5 rings (SSSR count). The maximum absolute atomic E-state index is 14.1. The Morgan fingerprint density at radius 2 is 1.60 bits per heavy atom. The Bertz CT molecular complexity index is 1810. The molecule has 5 aromatic rings. The van der Waals surface area contributed by atoms with Gasteiger partial charge in [-0.15, -0.1) is 11.3 Å². The molecule has 0 spiro atoms. The number of hydrogen-bond acceptors (Lipinski definition) is 6. The number of nitrogens with zero attached hydrogens (tertiary/aromatic N) is 1. The van der Waals surface area contributed by atoms with Crippen LogP contribution in [0.15, 0.2) is 96.5 Å². The quantitative estimate of drug-likeness (QED) is 0.112. The second kappa shape index (κ2) is 15.7. The number of hydrogen-bond donors (Lipinski definition) is 4. The summed E-state index contributed by atoms with van der Waals surface area (Å²) in [6.45, 7) is 4.15. The molecule has 0 radical (unpaired) electrons. The Balaban J connectivity index is 1.40. The van der Waals surface area contributed by atoms with Crippen molar-refractivity contribution in [1.82, 2.24) is 15.6 Å². The van der Waals surface area contributed by atoms with Crippen molar-refractivity contribution in [3.8, 4) is 21.7 Å². The molecule has 4 N–H and O–H groups in total. The number of thiazole rings is 1. The first kappa shape index (κ1) is 33.6. The van der Waals surface area contributed by atoms with Gasteiger partial charge in [-0.3, -0.25) is 9.59 Å². The molecule has 1 aromatic heterocycles. The molecule has 0 aliphatic heterocycles. The topological polar surface area (TPSA) is 103 Å². The molecule has 2 atom stereocenters. The number of carbonyl (C=O) groups excluding carboxylic acids is 2. The largest absolute Gasteiger partial charge is 0.390 e. The van der Waals surface area contributed by atoms with E-state index in [2.05, 4.69) is 40.0 Å². The minimum atomic E-state index is -1.08. The zero-order chi connectivity index (χ0) is 33.3. The average molecular weight is 655 g/mol. The van der Waals surface area contributed by atoms with Gasteiger partial charge in [0.1, 0.15) is 16.6 Å². The number of nitrogens with one attached hydrogen (secondary N) is 3. The third-order valence-corrected chi connectivity index (χ3v) is 8.48. The zero-order valence-electron chi connectivity index (χ0n) is 26.1. The van der Waals surface area contributed by atoms with Crippen molar-refractivity contribution in [2.24, 2.45) is 0 Å². The lowest BCUT2D eigenvalue weighted by atomic mass is 9.97. The van der Waals surface area contributed by atoms with E-state index in [0.717, 1.165) is 39.7 Å². The molecule has 0 aliphatic carbocycles. The molecule has 1 heterocycles. The Hall–Kier alpha value is -4.77. The van der Waals surface area contributed by atoms with E-state index in [0.29, 0.717) is 23.4 Å². The molecule has 0 fully saturated rings. The number of benzene rings is 4. The van der Waals surface area contributed by atoms with Gasteiger partial charge in [0.25, 0.3) is 5.91 Å². The summed E-state index contributed by atoms with van der Waals surface area (Å²) in [4.78, 5) is 29.8. The Morgan fingerprint density at radius 1 is 0.872 bits per heavy atom. The molecule has 0 saturated heterocycles. The van der Waals surface area contributed by atoms with Crippen LogP contribution < -0.4 is 16.0 Å². The van der Waals surface area contributed by atoms with Crippen molar-refractivity contribution in [2.75, 3.05) is 11.9 Å². The average Bonchev–Trinajstić information content (AvgIpc) is 3.59. The van der Waals surface area contributed by atoms with E-state index in [1.165, 1.54) is 36.0 Å². The Kier molecular flexibility index (Phi) is 11.2. The number of aliphatic hydroxyl groups excluding tert-OH is 1. The number of halogens is 2. The van der Waals surface area contributed by atoms with Crippen molar-refractivity contribution in [1.29, 1.82) is 0 Å². The van der Waals surface area contributed by atoms with Crippen molar-refractivity contribution in [3.63, 3.8) is 0 Å². The minimum Gasteiger partial charge on any atom is -0.390 e. The Labute approximate surface area is 276 Å². The van der Waals surface area contributed by atoms with Crippen LogP contribution in [0.3, 0.4) is 0 Å². The van der Waals surface area contributed by atoms with Gasteiger partial charge in [0.05, 0.1) is 12.1 Å². The predicted molar refractivity (Wildman–Crippen MR) is 182 cm³/mol. The summed E-state index contributed by atoms with van der Waals surface area (Å²) < 4.78 is 28.2.